The average molecular weight is 306 g/mol. The molecule has 6 heteroatoms. The van der Waals surface area contributed by atoms with Crippen LogP contribution in [-0.4, -0.2) is 24.8 Å². The lowest BCUT2D eigenvalue weighted by Crippen LogP contribution is -2.40. The first-order valence-corrected chi connectivity index (χ1v) is 7.34. The van der Waals surface area contributed by atoms with Crippen molar-refractivity contribution in [3.8, 4) is 5.75 Å². The van der Waals surface area contributed by atoms with Gasteiger partial charge in [-0.3, -0.25) is 0 Å². The molecule has 1 atom stereocenters. The summed E-state index contributed by atoms with van der Waals surface area (Å²) in [7, 11) is 1.59. The van der Waals surface area contributed by atoms with E-state index in [1.54, 1.807) is 38.3 Å². The minimum Gasteiger partial charge on any atom is -0.497 e. The number of hydrogen-bond acceptors (Lipinski definition) is 4. The molecule has 1 heterocycles. The summed E-state index contributed by atoms with van der Waals surface area (Å²) in [6.07, 6.45) is 0. The Balaban J connectivity index is 1.87. The van der Waals surface area contributed by atoms with Gasteiger partial charge in [0.25, 0.3) is 0 Å². The van der Waals surface area contributed by atoms with Crippen molar-refractivity contribution in [2.24, 2.45) is 0 Å². The van der Waals surface area contributed by atoms with Gasteiger partial charge in [0.15, 0.2) is 0 Å². The van der Waals surface area contributed by atoms with Crippen molar-refractivity contribution in [2.45, 2.75) is 12.5 Å². The van der Waals surface area contributed by atoms with Crippen LogP contribution < -0.4 is 15.4 Å². The zero-order valence-electron chi connectivity index (χ0n) is 11.9. The second kappa shape index (κ2) is 6.60. The number of amides is 2. The van der Waals surface area contributed by atoms with Crippen LogP contribution in [0, 0.1) is 0 Å². The minimum atomic E-state index is -1.08. The summed E-state index contributed by atoms with van der Waals surface area (Å²) in [5, 5.41) is 17.6. The molecule has 3 N–H and O–H groups in total. The molecule has 1 unspecified atom stereocenters. The van der Waals surface area contributed by atoms with Crippen LogP contribution in [0.3, 0.4) is 0 Å². The summed E-state index contributed by atoms with van der Waals surface area (Å²) in [5.74, 6) is 0.724. The number of nitrogens with one attached hydrogen (secondary N) is 2. The molecule has 21 heavy (non-hydrogen) atoms. The molecule has 0 saturated carbocycles. The van der Waals surface area contributed by atoms with Gasteiger partial charge in [0.1, 0.15) is 11.4 Å². The number of carbonyl (C=O) groups excluding carboxylic acids is 1. The normalized spacial score (nSPS) is 13.3. The van der Waals surface area contributed by atoms with E-state index in [4.69, 9.17) is 4.74 Å². The molecular weight excluding hydrogens is 288 g/mol. The molecule has 1 aromatic heterocycles. The third-order valence-corrected chi connectivity index (χ3v) is 4.12. The number of hydrogen-bond donors (Lipinski definition) is 3. The van der Waals surface area contributed by atoms with Crippen molar-refractivity contribution >= 4 is 23.1 Å². The minimum absolute atomic E-state index is 0.134. The number of ether oxygens (including phenoxy) is 1. The fourth-order valence-electron chi connectivity index (χ4n) is 1.77. The number of methoxy groups -OCH3 is 1. The number of anilines is 1. The molecule has 5 nitrogen and oxygen atoms in total. The van der Waals surface area contributed by atoms with Crippen LogP contribution in [0.5, 0.6) is 5.75 Å². The highest BCUT2D eigenvalue weighted by molar-refractivity contribution is 7.10. The molecule has 0 spiro atoms. The monoisotopic (exact) mass is 306 g/mol. The number of aliphatic hydroxyl groups is 1. The Hall–Kier alpha value is -2.05. The highest BCUT2D eigenvalue weighted by atomic mass is 32.1. The zero-order valence-corrected chi connectivity index (χ0v) is 12.7. The molecule has 2 amide bonds. The quantitative estimate of drug-likeness (QED) is 0.795. The lowest BCUT2D eigenvalue weighted by molar-refractivity contribution is 0.0637. The molecule has 2 aromatic rings. The lowest BCUT2D eigenvalue weighted by atomic mass is 10.1. The maximum Gasteiger partial charge on any atom is 0.319 e. The first-order chi connectivity index (χ1) is 10.0. The van der Waals surface area contributed by atoms with Gasteiger partial charge >= 0.3 is 6.03 Å². The van der Waals surface area contributed by atoms with Crippen LogP contribution >= 0.6 is 11.3 Å². The van der Waals surface area contributed by atoms with Crippen LogP contribution in [0.1, 0.15) is 11.8 Å². The van der Waals surface area contributed by atoms with E-state index in [0.717, 1.165) is 10.6 Å². The van der Waals surface area contributed by atoms with Crippen molar-refractivity contribution in [3.63, 3.8) is 0 Å². The van der Waals surface area contributed by atoms with E-state index >= 15 is 0 Å². The summed E-state index contributed by atoms with van der Waals surface area (Å²) in [6, 6.07) is 10.4. The van der Waals surface area contributed by atoms with Gasteiger partial charge in [0, 0.05) is 10.6 Å². The van der Waals surface area contributed by atoms with Crippen LogP contribution in [0.25, 0.3) is 0 Å². The zero-order chi connectivity index (χ0) is 15.3. The lowest BCUT2D eigenvalue weighted by Gasteiger charge is -2.22. The van der Waals surface area contributed by atoms with Gasteiger partial charge in [0.05, 0.1) is 13.7 Å². The van der Waals surface area contributed by atoms with Crippen LogP contribution in [0.15, 0.2) is 41.8 Å². The average Bonchev–Trinajstić information content (AvgIpc) is 3.01. The van der Waals surface area contributed by atoms with Crippen LogP contribution in [-0.2, 0) is 5.60 Å². The maximum absolute atomic E-state index is 11.8. The molecule has 0 bridgehead atoms. The van der Waals surface area contributed by atoms with Crippen molar-refractivity contribution < 1.29 is 14.6 Å². The fraction of sp³-hybridized carbons (Fsp3) is 0.267. The predicted octanol–water partition coefficient (Wildman–Crippen LogP) is 2.79. The molecule has 0 saturated heterocycles. The highest BCUT2D eigenvalue weighted by Crippen LogP contribution is 2.24. The fourth-order valence-corrected chi connectivity index (χ4v) is 2.56. The standard InChI is InChI=1S/C15H18N2O3S/c1-15(19,13-4-3-9-21-13)10-16-14(18)17-11-5-7-12(20-2)8-6-11/h3-9,19H,10H2,1-2H3,(H2,16,17,18). The third kappa shape index (κ3) is 4.21. The van der Waals surface area contributed by atoms with Gasteiger partial charge in [-0.15, -0.1) is 11.3 Å². The van der Waals surface area contributed by atoms with E-state index in [2.05, 4.69) is 10.6 Å². The van der Waals surface area contributed by atoms with Gasteiger partial charge in [0.2, 0.25) is 0 Å². The summed E-state index contributed by atoms with van der Waals surface area (Å²) in [6.45, 7) is 1.81. The number of benzene rings is 1. The van der Waals surface area contributed by atoms with E-state index in [1.165, 1.54) is 11.3 Å². The van der Waals surface area contributed by atoms with Crippen molar-refractivity contribution in [1.82, 2.24) is 5.32 Å². The number of rotatable bonds is 5. The second-order valence-corrected chi connectivity index (χ2v) is 5.74. The Kier molecular flexibility index (Phi) is 4.82. The van der Waals surface area contributed by atoms with Gasteiger partial charge in [-0.05, 0) is 42.6 Å². The van der Waals surface area contributed by atoms with E-state index in [0.29, 0.717) is 5.69 Å². The van der Waals surface area contributed by atoms with E-state index < -0.39 is 5.60 Å². The predicted molar refractivity (Wildman–Crippen MR) is 83.9 cm³/mol. The van der Waals surface area contributed by atoms with Crippen LogP contribution in [0.4, 0.5) is 10.5 Å². The molecule has 0 aliphatic heterocycles. The molecule has 1 aromatic carbocycles. The summed E-state index contributed by atoms with van der Waals surface area (Å²) in [5.41, 5.74) is -0.421. The number of urea groups is 1. The number of thiophene rings is 1. The van der Waals surface area contributed by atoms with E-state index in [1.807, 2.05) is 17.5 Å². The summed E-state index contributed by atoms with van der Waals surface area (Å²) in [4.78, 5) is 12.6. The Labute approximate surface area is 127 Å². The molecule has 0 radical (unpaired) electrons. The SMILES string of the molecule is COc1ccc(NC(=O)NCC(C)(O)c2cccs2)cc1. The van der Waals surface area contributed by atoms with Gasteiger partial charge < -0.3 is 20.5 Å². The maximum atomic E-state index is 11.8. The molecular formula is C15H18N2O3S. The van der Waals surface area contributed by atoms with Crippen molar-refractivity contribution in [2.75, 3.05) is 19.0 Å². The van der Waals surface area contributed by atoms with Gasteiger partial charge in [-0.25, -0.2) is 4.79 Å². The smallest absolute Gasteiger partial charge is 0.319 e. The molecule has 0 fully saturated rings. The summed E-state index contributed by atoms with van der Waals surface area (Å²) < 4.78 is 5.05. The first kappa shape index (κ1) is 15.3. The number of carbonyl (C=O) groups is 1. The molecule has 0 aliphatic rings. The Morgan fingerprint density at radius 3 is 2.62 bits per heavy atom. The van der Waals surface area contributed by atoms with E-state index in [-0.39, 0.29) is 12.6 Å². The second-order valence-electron chi connectivity index (χ2n) is 4.79. The van der Waals surface area contributed by atoms with Crippen molar-refractivity contribution in [3.05, 3.63) is 46.7 Å². The molecule has 112 valence electrons. The first-order valence-electron chi connectivity index (χ1n) is 6.46. The molecule has 2 rings (SSSR count). The topological polar surface area (TPSA) is 70.6 Å². The largest absolute Gasteiger partial charge is 0.497 e. The van der Waals surface area contributed by atoms with Gasteiger partial charge in [-0.1, -0.05) is 6.07 Å². The third-order valence-electron chi connectivity index (χ3n) is 2.99. The molecule has 0 aliphatic carbocycles. The Morgan fingerprint density at radius 2 is 2.05 bits per heavy atom. The highest BCUT2D eigenvalue weighted by Gasteiger charge is 2.24. The Morgan fingerprint density at radius 1 is 1.33 bits per heavy atom. The van der Waals surface area contributed by atoms with Crippen molar-refractivity contribution in [1.29, 1.82) is 0 Å². The van der Waals surface area contributed by atoms with Crippen LogP contribution in [0.2, 0.25) is 0 Å². The van der Waals surface area contributed by atoms with E-state index in [9.17, 15) is 9.90 Å². The summed E-state index contributed by atoms with van der Waals surface area (Å²) >= 11 is 1.45. The van der Waals surface area contributed by atoms with Gasteiger partial charge in [-0.2, -0.15) is 0 Å². The Bertz CT molecular complexity index is 579.